The van der Waals surface area contributed by atoms with Crippen LogP contribution in [0.15, 0.2) is 18.2 Å². The molecule has 0 aliphatic heterocycles. The van der Waals surface area contributed by atoms with Crippen LogP contribution in [0.5, 0.6) is 0 Å². The van der Waals surface area contributed by atoms with Crippen LogP contribution in [0.4, 0.5) is 32.0 Å². The quantitative estimate of drug-likeness (QED) is 0.820. The summed E-state index contributed by atoms with van der Waals surface area (Å²) in [6.07, 6.45) is -9.59. The van der Waals surface area contributed by atoms with Crippen LogP contribution >= 0.6 is 0 Å². The molecule has 0 bridgehead atoms. The van der Waals surface area contributed by atoms with E-state index in [1.807, 2.05) is 0 Å². The van der Waals surface area contributed by atoms with Crippen LogP contribution in [0.25, 0.3) is 0 Å². The van der Waals surface area contributed by atoms with E-state index < -0.39 is 49.9 Å². The molecule has 2 N–H and O–H groups in total. The van der Waals surface area contributed by atoms with Crippen LogP contribution in [-0.2, 0) is 12.8 Å². The highest BCUT2D eigenvalue weighted by Gasteiger charge is 2.38. The lowest BCUT2D eigenvalue weighted by Crippen LogP contribution is -2.37. The van der Waals surface area contributed by atoms with E-state index in [9.17, 15) is 26.3 Å². The molecule has 9 heteroatoms. The number of nitrogens with zero attached hydrogens (tertiary/aromatic N) is 1. The fourth-order valence-corrected chi connectivity index (χ4v) is 1.81. The van der Waals surface area contributed by atoms with Gasteiger partial charge in [-0.25, -0.2) is 0 Å². The van der Waals surface area contributed by atoms with E-state index in [-0.39, 0.29) is 5.56 Å². The summed E-state index contributed by atoms with van der Waals surface area (Å²) in [5, 5.41) is 17.6. The van der Waals surface area contributed by atoms with Gasteiger partial charge in [-0.1, -0.05) is 6.07 Å². The predicted octanol–water partition coefficient (Wildman–Crippen LogP) is 2.56. The van der Waals surface area contributed by atoms with Gasteiger partial charge < -0.3 is 15.1 Å². The van der Waals surface area contributed by atoms with Crippen molar-refractivity contribution in [3.8, 4) is 0 Å². The van der Waals surface area contributed by atoms with E-state index in [2.05, 4.69) is 0 Å². The monoisotopic (exact) mass is 317 g/mol. The summed E-state index contributed by atoms with van der Waals surface area (Å²) in [4.78, 5) is 0.407. The van der Waals surface area contributed by atoms with E-state index in [1.54, 1.807) is 0 Å². The van der Waals surface area contributed by atoms with Crippen LogP contribution in [0.1, 0.15) is 11.1 Å². The number of halogens is 6. The zero-order valence-corrected chi connectivity index (χ0v) is 10.7. The normalized spacial score (nSPS) is 12.6. The third kappa shape index (κ3) is 5.09. The first-order valence-electron chi connectivity index (χ1n) is 5.82. The minimum atomic E-state index is -4.88. The number of benzene rings is 1. The second kappa shape index (κ2) is 6.52. The maximum Gasteiger partial charge on any atom is 0.418 e. The van der Waals surface area contributed by atoms with Crippen molar-refractivity contribution in [2.45, 2.75) is 19.0 Å². The predicted molar refractivity (Wildman–Crippen MR) is 62.7 cm³/mol. The molecule has 120 valence electrons. The van der Waals surface area contributed by atoms with Crippen molar-refractivity contribution >= 4 is 5.69 Å². The Kier molecular flexibility index (Phi) is 5.46. The number of aliphatic hydroxyl groups excluding tert-OH is 2. The highest BCUT2D eigenvalue weighted by Crippen LogP contribution is 2.38. The second-order valence-electron chi connectivity index (χ2n) is 4.27. The Balaban J connectivity index is 3.29. The molecule has 3 nitrogen and oxygen atoms in total. The zero-order chi connectivity index (χ0) is 16.3. The van der Waals surface area contributed by atoms with Gasteiger partial charge in [-0.3, -0.25) is 0 Å². The van der Waals surface area contributed by atoms with Crippen molar-refractivity contribution in [2.75, 3.05) is 24.6 Å². The Morgan fingerprint density at radius 1 is 1.00 bits per heavy atom. The fourth-order valence-electron chi connectivity index (χ4n) is 1.81. The van der Waals surface area contributed by atoms with Crippen molar-refractivity contribution in [1.29, 1.82) is 0 Å². The molecule has 0 amide bonds. The first kappa shape index (κ1) is 17.6. The topological polar surface area (TPSA) is 43.7 Å². The molecule has 0 unspecified atom stereocenters. The average molecular weight is 317 g/mol. The van der Waals surface area contributed by atoms with Gasteiger partial charge in [0, 0.05) is 12.2 Å². The van der Waals surface area contributed by atoms with Gasteiger partial charge >= 0.3 is 12.4 Å². The van der Waals surface area contributed by atoms with Crippen LogP contribution in [0.3, 0.4) is 0 Å². The lowest BCUT2D eigenvalue weighted by Gasteiger charge is -2.28. The molecule has 0 aliphatic rings. The molecular weight excluding hydrogens is 304 g/mol. The second-order valence-corrected chi connectivity index (χ2v) is 4.27. The van der Waals surface area contributed by atoms with E-state index in [0.29, 0.717) is 11.0 Å². The molecule has 1 rings (SSSR count). The highest BCUT2D eigenvalue weighted by molar-refractivity contribution is 5.56. The molecule has 0 heterocycles. The minimum absolute atomic E-state index is 0.0676. The summed E-state index contributed by atoms with van der Waals surface area (Å²) in [5.41, 5.74) is -2.04. The van der Waals surface area contributed by atoms with E-state index in [1.165, 1.54) is 0 Å². The molecule has 0 aliphatic carbocycles. The maximum atomic E-state index is 12.9. The van der Waals surface area contributed by atoms with Gasteiger partial charge in [0.1, 0.15) is 6.54 Å². The molecular formula is C12H13F6NO2. The van der Waals surface area contributed by atoms with Gasteiger partial charge in [0.2, 0.25) is 0 Å². The van der Waals surface area contributed by atoms with Gasteiger partial charge in [0.25, 0.3) is 0 Å². The van der Waals surface area contributed by atoms with Crippen LogP contribution in [0, 0.1) is 0 Å². The Labute approximate surface area is 116 Å². The first-order valence-corrected chi connectivity index (χ1v) is 5.82. The molecule has 0 saturated carbocycles. The molecule has 21 heavy (non-hydrogen) atoms. The molecule has 0 spiro atoms. The van der Waals surface area contributed by atoms with E-state index in [4.69, 9.17) is 10.2 Å². The molecule has 0 saturated heterocycles. The Bertz CT molecular complexity index is 472. The standard InChI is InChI=1S/C12H13F6NO2/c13-11(14,15)7-19(3-4-20)10-2-1-8(6-21)5-9(10)12(16,17)18/h1-2,5,20-21H,3-4,6-7H2. The van der Waals surface area contributed by atoms with Crippen molar-refractivity contribution in [3.63, 3.8) is 0 Å². The van der Waals surface area contributed by atoms with Crippen molar-refractivity contribution in [3.05, 3.63) is 29.3 Å². The molecule has 0 atom stereocenters. The molecule has 0 fully saturated rings. The van der Waals surface area contributed by atoms with Crippen molar-refractivity contribution < 1.29 is 36.6 Å². The molecule has 1 aromatic rings. The largest absolute Gasteiger partial charge is 0.418 e. The van der Waals surface area contributed by atoms with Gasteiger partial charge in [-0.15, -0.1) is 0 Å². The number of hydrogen-bond acceptors (Lipinski definition) is 3. The number of aliphatic hydroxyl groups is 2. The van der Waals surface area contributed by atoms with Gasteiger partial charge in [-0.05, 0) is 17.7 Å². The lowest BCUT2D eigenvalue weighted by atomic mass is 10.1. The molecule has 1 aromatic carbocycles. The number of hydrogen-bond donors (Lipinski definition) is 2. The highest BCUT2D eigenvalue weighted by atomic mass is 19.4. The Hall–Kier alpha value is -1.48. The molecule has 0 aromatic heterocycles. The number of alkyl halides is 6. The average Bonchev–Trinajstić information content (AvgIpc) is 2.35. The smallest absolute Gasteiger partial charge is 0.395 e. The zero-order valence-electron chi connectivity index (χ0n) is 10.7. The van der Waals surface area contributed by atoms with Gasteiger partial charge in [0.05, 0.1) is 18.8 Å². The molecule has 0 radical (unpaired) electrons. The summed E-state index contributed by atoms with van der Waals surface area (Å²) in [7, 11) is 0. The maximum absolute atomic E-state index is 12.9. The van der Waals surface area contributed by atoms with Gasteiger partial charge in [-0.2, -0.15) is 26.3 Å². The summed E-state index contributed by atoms with van der Waals surface area (Å²) < 4.78 is 76.2. The summed E-state index contributed by atoms with van der Waals surface area (Å²) >= 11 is 0. The van der Waals surface area contributed by atoms with Crippen molar-refractivity contribution in [2.24, 2.45) is 0 Å². The number of anilines is 1. The fraction of sp³-hybridized carbons (Fsp3) is 0.500. The lowest BCUT2D eigenvalue weighted by molar-refractivity contribution is -0.138. The van der Waals surface area contributed by atoms with Crippen LogP contribution in [0.2, 0.25) is 0 Å². The number of rotatable bonds is 5. The third-order valence-corrected chi connectivity index (χ3v) is 2.63. The van der Waals surface area contributed by atoms with Gasteiger partial charge in [0.15, 0.2) is 0 Å². The minimum Gasteiger partial charge on any atom is -0.395 e. The summed E-state index contributed by atoms with van der Waals surface area (Å²) in [6.45, 7) is -3.60. The first-order chi connectivity index (χ1) is 9.58. The van der Waals surface area contributed by atoms with E-state index in [0.717, 1.165) is 12.1 Å². The summed E-state index contributed by atoms with van der Waals surface area (Å²) in [6, 6.07) is 2.55. The van der Waals surface area contributed by atoms with Crippen molar-refractivity contribution in [1.82, 2.24) is 0 Å². The summed E-state index contributed by atoms with van der Waals surface area (Å²) in [5.74, 6) is 0. The SMILES string of the molecule is OCCN(CC(F)(F)F)c1ccc(CO)cc1C(F)(F)F. The third-order valence-electron chi connectivity index (χ3n) is 2.63. The van der Waals surface area contributed by atoms with Crippen LogP contribution in [-0.4, -0.2) is 36.1 Å². The Morgan fingerprint density at radius 3 is 2.05 bits per heavy atom. The Morgan fingerprint density at radius 2 is 1.62 bits per heavy atom. The van der Waals surface area contributed by atoms with Crippen LogP contribution < -0.4 is 4.90 Å². The van der Waals surface area contributed by atoms with E-state index >= 15 is 0 Å².